The van der Waals surface area contributed by atoms with Gasteiger partial charge in [0.1, 0.15) is 6.04 Å². The number of rotatable bonds is 11. The van der Waals surface area contributed by atoms with E-state index in [-0.39, 0.29) is 24.3 Å². The predicted octanol–water partition coefficient (Wildman–Crippen LogP) is 3.05. The van der Waals surface area contributed by atoms with Gasteiger partial charge >= 0.3 is 12.0 Å². The normalized spacial score (nSPS) is 23.3. The quantitative estimate of drug-likeness (QED) is 0.376. The Bertz CT molecular complexity index is 528. The topological polar surface area (TPSA) is 107 Å². The van der Waals surface area contributed by atoms with Gasteiger partial charge in [-0.3, -0.25) is 14.9 Å². The van der Waals surface area contributed by atoms with Crippen LogP contribution in [0.5, 0.6) is 0 Å². The molecule has 1 heterocycles. The molecule has 2 fully saturated rings. The van der Waals surface area contributed by atoms with E-state index in [0.717, 1.165) is 44.9 Å². The number of nitrogens with one attached hydrogen (secondary N) is 1. The number of amides is 3. The van der Waals surface area contributed by atoms with Gasteiger partial charge < -0.3 is 15.1 Å². The fraction of sp³-hybridized carbons (Fsp3) is 0.850. The number of carboxylic acids is 1. The largest absolute Gasteiger partial charge is 0.481 e. The molecule has 0 aromatic carbocycles. The van der Waals surface area contributed by atoms with Crippen LogP contribution in [0.1, 0.15) is 84.0 Å². The summed E-state index contributed by atoms with van der Waals surface area (Å²) >= 11 is 0. The zero-order chi connectivity index (χ0) is 19.9. The summed E-state index contributed by atoms with van der Waals surface area (Å²) in [4.78, 5) is 36.3. The van der Waals surface area contributed by atoms with Crippen molar-refractivity contribution < 1.29 is 24.6 Å². The summed E-state index contributed by atoms with van der Waals surface area (Å²) in [6, 6.07) is -0.838. The molecular formula is C20H34N2O5. The molecule has 1 saturated heterocycles. The minimum absolute atomic E-state index is 0.171. The van der Waals surface area contributed by atoms with Gasteiger partial charge in [-0.15, -0.1) is 0 Å². The number of carbonyl (C=O) groups is 3. The number of carbonyl (C=O) groups excluding carboxylic acids is 2. The Morgan fingerprint density at radius 2 is 1.81 bits per heavy atom. The van der Waals surface area contributed by atoms with Crippen molar-refractivity contribution in [2.24, 2.45) is 5.92 Å². The van der Waals surface area contributed by atoms with Gasteiger partial charge in [0.25, 0.3) is 5.91 Å². The van der Waals surface area contributed by atoms with Gasteiger partial charge in [-0.1, -0.05) is 38.5 Å². The van der Waals surface area contributed by atoms with Crippen molar-refractivity contribution >= 4 is 17.9 Å². The van der Waals surface area contributed by atoms with E-state index < -0.39 is 17.6 Å². The maximum Gasteiger partial charge on any atom is 0.324 e. The monoisotopic (exact) mass is 382 g/mol. The summed E-state index contributed by atoms with van der Waals surface area (Å²) < 4.78 is 0. The highest BCUT2D eigenvalue weighted by atomic mass is 16.4. The van der Waals surface area contributed by atoms with Crippen molar-refractivity contribution in [2.75, 3.05) is 6.54 Å². The summed E-state index contributed by atoms with van der Waals surface area (Å²) in [5.74, 6) is -0.782. The van der Waals surface area contributed by atoms with Crippen LogP contribution in [-0.2, 0) is 9.59 Å². The maximum absolute atomic E-state index is 12.1. The number of carboxylic acid groups (broad SMARTS) is 1. The van der Waals surface area contributed by atoms with Gasteiger partial charge in [0.15, 0.2) is 0 Å². The van der Waals surface area contributed by atoms with Crippen molar-refractivity contribution in [3.8, 4) is 0 Å². The molecule has 154 valence electrons. The molecule has 27 heavy (non-hydrogen) atoms. The molecule has 0 unspecified atom stereocenters. The van der Waals surface area contributed by atoms with Crippen LogP contribution in [0.25, 0.3) is 0 Å². The first-order valence-corrected chi connectivity index (χ1v) is 10.4. The van der Waals surface area contributed by atoms with E-state index in [9.17, 15) is 19.5 Å². The predicted molar refractivity (Wildman–Crippen MR) is 101 cm³/mol. The van der Waals surface area contributed by atoms with Gasteiger partial charge in [0.2, 0.25) is 0 Å². The lowest BCUT2D eigenvalue weighted by Crippen LogP contribution is -2.43. The smallest absolute Gasteiger partial charge is 0.324 e. The molecule has 0 spiro atoms. The van der Waals surface area contributed by atoms with Gasteiger partial charge in [-0.2, -0.15) is 0 Å². The number of unbranched alkanes of at least 4 members (excludes halogenated alkanes) is 3. The first kappa shape index (κ1) is 21.7. The van der Waals surface area contributed by atoms with E-state index in [1.54, 1.807) is 4.90 Å². The lowest BCUT2D eigenvalue weighted by molar-refractivity contribution is -0.137. The van der Waals surface area contributed by atoms with E-state index in [2.05, 4.69) is 5.32 Å². The molecule has 1 aliphatic heterocycles. The van der Waals surface area contributed by atoms with Gasteiger partial charge in [-0.05, 0) is 44.9 Å². The molecular weight excluding hydrogens is 348 g/mol. The minimum Gasteiger partial charge on any atom is -0.481 e. The molecule has 1 saturated carbocycles. The van der Waals surface area contributed by atoms with Crippen molar-refractivity contribution in [3.63, 3.8) is 0 Å². The first-order chi connectivity index (χ1) is 12.8. The Kier molecular flexibility index (Phi) is 8.07. The summed E-state index contributed by atoms with van der Waals surface area (Å²) in [5, 5.41) is 21.9. The maximum atomic E-state index is 12.1. The van der Waals surface area contributed by atoms with E-state index in [0.29, 0.717) is 25.8 Å². The lowest BCUT2D eigenvalue weighted by atomic mass is 9.76. The van der Waals surface area contributed by atoms with E-state index in [1.165, 1.54) is 6.42 Å². The fourth-order valence-corrected chi connectivity index (χ4v) is 4.33. The Balaban J connectivity index is 1.79. The van der Waals surface area contributed by atoms with Crippen LogP contribution < -0.4 is 5.32 Å². The Morgan fingerprint density at radius 1 is 1.15 bits per heavy atom. The number of hydrogen-bond donors (Lipinski definition) is 3. The third-order valence-electron chi connectivity index (χ3n) is 6.13. The number of hydrogen-bond acceptors (Lipinski definition) is 4. The van der Waals surface area contributed by atoms with Gasteiger partial charge in [0, 0.05) is 13.0 Å². The lowest BCUT2D eigenvalue weighted by Gasteiger charge is -2.37. The fourth-order valence-electron chi connectivity index (χ4n) is 4.33. The number of aliphatic carboxylic acids is 1. The van der Waals surface area contributed by atoms with Crippen LogP contribution in [-0.4, -0.2) is 51.2 Å². The second kappa shape index (κ2) is 10.1. The minimum atomic E-state index is -0.812. The molecule has 0 aromatic rings. The Hall–Kier alpha value is -1.63. The highest BCUT2D eigenvalue weighted by Gasteiger charge is 2.40. The second-order valence-corrected chi connectivity index (χ2v) is 8.29. The summed E-state index contributed by atoms with van der Waals surface area (Å²) in [7, 11) is 0. The zero-order valence-electron chi connectivity index (χ0n) is 16.4. The van der Waals surface area contributed by atoms with Crippen LogP contribution in [0.15, 0.2) is 0 Å². The summed E-state index contributed by atoms with van der Waals surface area (Å²) in [6.45, 7) is 2.24. The van der Waals surface area contributed by atoms with E-state index in [4.69, 9.17) is 5.11 Å². The summed E-state index contributed by atoms with van der Waals surface area (Å²) in [6.07, 6.45) is 9.87. The van der Waals surface area contributed by atoms with Crippen LogP contribution in [0.3, 0.4) is 0 Å². The van der Waals surface area contributed by atoms with Crippen molar-refractivity contribution in [1.82, 2.24) is 10.2 Å². The first-order valence-electron chi connectivity index (χ1n) is 10.4. The highest BCUT2D eigenvalue weighted by Crippen LogP contribution is 2.35. The van der Waals surface area contributed by atoms with Crippen LogP contribution >= 0.6 is 0 Å². The van der Waals surface area contributed by atoms with Crippen LogP contribution in [0.2, 0.25) is 0 Å². The van der Waals surface area contributed by atoms with Gasteiger partial charge in [0.05, 0.1) is 5.60 Å². The van der Waals surface area contributed by atoms with Crippen molar-refractivity contribution in [3.05, 3.63) is 0 Å². The molecule has 3 N–H and O–H groups in total. The SMILES string of the molecule is C[C@](O)(CCN1C(=O)NC(=O)[C@H]1CCCCCCC(=O)O)C1CCCCC1. The Morgan fingerprint density at radius 3 is 2.48 bits per heavy atom. The molecule has 7 nitrogen and oxygen atoms in total. The van der Waals surface area contributed by atoms with E-state index >= 15 is 0 Å². The van der Waals surface area contributed by atoms with Crippen molar-refractivity contribution in [1.29, 1.82) is 0 Å². The molecule has 0 bridgehead atoms. The number of urea groups is 1. The zero-order valence-corrected chi connectivity index (χ0v) is 16.4. The van der Waals surface area contributed by atoms with E-state index in [1.807, 2.05) is 6.92 Å². The average molecular weight is 383 g/mol. The third kappa shape index (κ3) is 6.48. The Labute approximate surface area is 161 Å². The molecule has 2 aliphatic rings. The van der Waals surface area contributed by atoms with Crippen molar-refractivity contribution in [2.45, 2.75) is 95.6 Å². The third-order valence-corrected chi connectivity index (χ3v) is 6.13. The molecule has 7 heteroatoms. The molecule has 3 amide bonds. The molecule has 0 radical (unpaired) electrons. The average Bonchev–Trinajstić information content (AvgIpc) is 2.89. The molecule has 0 aromatic heterocycles. The van der Waals surface area contributed by atoms with Crippen LogP contribution in [0.4, 0.5) is 4.79 Å². The van der Waals surface area contributed by atoms with Crippen LogP contribution in [0, 0.1) is 5.92 Å². The summed E-state index contributed by atoms with van der Waals surface area (Å²) in [5.41, 5.74) is -0.812. The highest BCUT2D eigenvalue weighted by molar-refractivity contribution is 6.04. The van der Waals surface area contributed by atoms with Gasteiger partial charge in [-0.25, -0.2) is 4.79 Å². The molecule has 1 aliphatic carbocycles. The standard InChI is InChI=1S/C20H34N2O5/c1-20(27,15-9-5-4-6-10-15)13-14-22-16(18(25)21-19(22)26)11-7-2-3-8-12-17(23)24/h15-16,27H,2-14H2,1H3,(H,23,24)(H,21,25,26)/t16-,20+/m1/s1. The number of aliphatic hydroxyl groups is 1. The number of imide groups is 1. The molecule has 2 atom stereocenters. The molecule has 2 rings (SSSR count). The second-order valence-electron chi connectivity index (χ2n) is 8.29. The number of nitrogens with zero attached hydrogens (tertiary/aromatic N) is 1.